The lowest BCUT2D eigenvalue weighted by Gasteiger charge is -2.21. The highest BCUT2D eigenvalue weighted by molar-refractivity contribution is 7.47. The molecule has 0 fully saturated rings. The third kappa shape index (κ3) is 52.1. The van der Waals surface area contributed by atoms with Crippen LogP contribution in [0.5, 0.6) is 0 Å². The fraction of sp³-hybridized carbons (Fsp3) is 0.909. The number of rotatable bonds is 56. The monoisotopic (exact) mass is 1080 g/mol. The van der Waals surface area contributed by atoms with Crippen molar-refractivity contribution in [3.8, 4) is 0 Å². The molecule has 16 nitrogen and oxygen atoms in total. The summed E-state index contributed by atoms with van der Waals surface area (Å²) in [5, 5.41) is 20.4. The standard InChI is InChI=1S/C55H106O16P2/c1-4-7-10-13-16-19-22-23-24-25-28-30-32-35-38-41-53(58)65-44-50(56)45-67-72(61,62)68-46-51(57)47-69-73(63,64)70-49-52(71-55(60)43-40-37-34-31-27-21-18-15-12-9-6-3)48-66-54(59)42-39-36-33-29-26-20-17-14-11-8-5-2/h14,17,50-52,56-57H,4-13,15-16,18-49H2,1-3H3,(H,61,62)(H,63,64)/b17-14-. The van der Waals surface area contributed by atoms with Crippen LogP contribution in [-0.2, 0) is 55.8 Å². The molecular weight excluding hydrogens is 979 g/mol. The van der Waals surface area contributed by atoms with E-state index in [4.69, 9.17) is 32.3 Å². The van der Waals surface area contributed by atoms with Gasteiger partial charge < -0.3 is 34.2 Å². The molecule has 0 heterocycles. The summed E-state index contributed by atoms with van der Waals surface area (Å²) in [7, 11) is -9.72. The molecule has 0 aromatic rings. The normalized spacial score (nSPS) is 14.7. The van der Waals surface area contributed by atoms with Crippen LogP contribution in [0.3, 0.4) is 0 Å². The van der Waals surface area contributed by atoms with Gasteiger partial charge >= 0.3 is 33.6 Å². The van der Waals surface area contributed by atoms with Gasteiger partial charge in [-0.15, -0.1) is 0 Å². The highest BCUT2D eigenvalue weighted by atomic mass is 31.2. The molecule has 0 saturated carbocycles. The minimum Gasteiger partial charge on any atom is -0.463 e. The molecule has 0 bridgehead atoms. The molecule has 73 heavy (non-hydrogen) atoms. The van der Waals surface area contributed by atoms with Crippen molar-refractivity contribution in [3.63, 3.8) is 0 Å². The number of aliphatic hydroxyl groups is 2. The third-order valence-electron chi connectivity index (χ3n) is 12.5. The summed E-state index contributed by atoms with van der Waals surface area (Å²) in [5.74, 6) is -1.57. The molecule has 18 heteroatoms. The van der Waals surface area contributed by atoms with Crippen molar-refractivity contribution >= 4 is 33.6 Å². The van der Waals surface area contributed by atoms with Crippen LogP contribution >= 0.6 is 15.6 Å². The molecule has 0 aromatic heterocycles. The summed E-state index contributed by atoms with van der Waals surface area (Å²) in [6, 6.07) is 0. The average Bonchev–Trinajstić information content (AvgIpc) is 3.36. The molecule has 0 rings (SSSR count). The maximum absolute atomic E-state index is 12.8. The molecule has 5 unspecified atom stereocenters. The Morgan fingerprint density at radius 2 is 0.658 bits per heavy atom. The van der Waals surface area contributed by atoms with E-state index in [9.17, 15) is 43.5 Å². The van der Waals surface area contributed by atoms with Crippen LogP contribution in [-0.4, -0.2) is 95.9 Å². The number of aliphatic hydroxyl groups excluding tert-OH is 2. The Kier molecular flexibility index (Phi) is 49.9. The van der Waals surface area contributed by atoms with E-state index in [1.54, 1.807) is 0 Å². The number of unbranched alkanes of at least 4 members (excludes halogenated alkanes) is 31. The summed E-state index contributed by atoms with van der Waals surface area (Å²) in [6.45, 7) is 2.62. The van der Waals surface area contributed by atoms with E-state index in [0.717, 1.165) is 83.5 Å². The van der Waals surface area contributed by atoms with E-state index in [-0.39, 0.29) is 19.3 Å². The van der Waals surface area contributed by atoms with Gasteiger partial charge in [-0.1, -0.05) is 219 Å². The van der Waals surface area contributed by atoms with E-state index in [0.29, 0.717) is 19.3 Å². The Balaban J connectivity index is 4.60. The Morgan fingerprint density at radius 3 is 1.04 bits per heavy atom. The second-order valence-corrected chi connectivity index (χ2v) is 22.7. The van der Waals surface area contributed by atoms with Gasteiger partial charge in [0.1, 0.15) is 25.4 Å². The number of allylic oxidation sites excluding steroid dienone is 2. The molecule has 0 aliphatic carbocycles. The Bertz CT molecular complexity index is 1420. The lowest BCUT2D eigenvalue weighted by molar-refractivity contribution is -0.161. The van der Waals surface area contributed by atoms with Crippen LogP contribution in [0.1, 0.15) is 265 Å². The van der Waals surface area contributed by atoms with E-state index >= 15 is 0 Å². The number of carbonyl (C=O) groups is 3. The molecule has 0 amide bonds. The van der Waals surface area contributed by atoms with E-state index in [2.05, 4.69) is 32.9 Å². The molecule has 0 aliphatic rings. The number of hydrogen-bond acceptors (Lipinski definition) is 14. The van der Waals surface area contributed by atoms with Crippen molar-refractivity contribution in [3.05, 3.63) is 12.2 Å². The largest absolute Gasteiger partial charge is 0.472 e. The van der Waals surface area contributed by atoms with Crippen molar-refractivity contribution in [2.75, 3.05) is 39.6 Å². The summed E-state index contributed by atoms with van der Waals surface area (Å²) < 4.78 is 60.4. The SMILES string of the molecule is CCCC/C=C\CCCCCCCC(=O)OCC(COP(=O)(O)OCC(O)COP(=O)(O)OCC(O)COC(=O)CCCCCCCCCCCCCCCCC)OC(=O)CCCCCCCCCCCCC. The zero-order valence-electron chi connectivity index (χ0n) is 46.1. The van der Waals surface area contributed by atoms with Crippen LogP contribution in [0, 0.1) is 0 Å². The van der Waals surface area contributed by atoms with Gasteiger partial charge in [-0.05, 0) is 38.5 Å². The first-order valence-corrected chi connectivity index (χ1v) is 32.0. The Morgan fingerprint density at radius 1 is 0.370 bits per heavy atom. The molecule has 0 radical (unpaired) electrons. The van der Waals surface area contributed by atoms with Gasteiger partial charge in [0.25, 0.3) is 0 Å². The third-order valence-corrected chi connectivity index (χ3v) is 14.4. The molecule has 0 aromatic carbocycles. The van der Waals surface area contributed by atoms with Gasteiger partial charge in [0.15, 0.2) is 6.10 Å². The van der Waals surface area contributed by atoms with E-state index in [1.807, 2.05) is 0 Å². The zero-order valence-corrected chi connectivity index (χ0v) is 47.9. The van der Waals surface area contributed by atoms with Crippen LogP contribution in [0.4, 0.5) is 0 Å². The molecular formula is C55H106O16P2. The van der Waals surface area contributed by atoms with Crippen molar-refractivity contribution in [1.82, 2.24) is 0 Å². The Hall–Kier alpha value is -1.71. The van der Waals surface area contributed by atoms with E-state index in [1.165, 1.54) is 122 Å². The molecule has 0 saturated heterocycles. The molecule has 0 spiro atoms. The molecule has 0 aliphatic heterocycles. The topological polar surface area (TPSA) is 231 Å². The van der Waals surface area contributed by atoms with Crippen molar-refractivity contribution in [2.24, 2.45) is 0 Å². The predicted molar refractivity (Wildman–Crippen MR) is 289 cm³/mol. The average molecular weight is 1090 g/mol. The number of phosphoric ester groups is 2. The summed E-state index contributed by atoms with van der Waals surface area (Å²) in [6.07, 6.45) is 40.1. The van der Waals surface area contributed by atoms with E-state index < -0.39 is 91.5 Å². The second kappa shape index (κ2) is 51.1. The first-order chi connectivity index (χ1) is 35.2. The van der Waals surface area contributed by atoms with Gasteiger partial charge in [-0.2, -0.15) is 0 Å². The van der Waals surface area contributed by atoms with Crippen molar-refractivity contribution < 1.29 is 75.8 Å². The smallest absolute Gasteiger partial charge is 0.463 e. The molecule has 4 N–H and O–H groups in total. The lowest BCUT2D eigenvalue weighted by atomic mass is 10.0. The highest BCUT2D eigenvalue weighted by Gasteiger charge is 2.29. The van der Waals surface area contributed by atoms with Gasteiger partial charge in [-0.3, -0.25) is 32.5 Å². The maximum atomic E-state index is 12.8. The molecule has 5 atom stereocenters. The lowest BCUT2D eigenvalue weighted by Crippen LogP contribution is -2.30. The zero-order chi connectivity index (χ0) is 53.9. The van der Waals surface area contributed by atoms with Gasteiger partial charge in [0.2, 0.25) is 0 Å². The van der Waals surface area contributed by atoms with Gasteiger partial charge in [0.05, 0.1) is 26.4 Å². The number of ether oxygens (including phenoxy) is 3. The fourth-order valence-corrected chi connectivity index (χ4v) is 9.55. The van der Waals surface area contributed by atoms with Gasteiger partial charge in [0, 0.05) is 19.3 Å². The number of carbonyl (C=O) groups excluding carboxylic acids is 3. The van der Waals surface area contributed by atoms with Crippen LogP contribution in [0.2, 0.25) is 0 Å². The van der Waals surface area contributed by atoms with Crippen LogP contribution in [0.25, 0.3) is 0 Å². The van der Waals surface area contributed by atoms with Crippen LogP contribution < -0.4 is 0 Å². The summed E-state index contributed by atoms with van der Waals surface area (Å²) >= 11 is 0. The molecule has 432 valence electrons. The predicted octanol–water partition coefficient (Wildman–Crippen LogP) is 14.4. The van der Waals surface area contributed by atoms with Gasteiger partial charge in [-0.25, -0.2) is 9.13 Å². The van der Waals surface area contributed by atoms with Crippen molar-refractivity contribution in [1.29, 1.82) is 0 Å². The van der Waals surface area contributed by atoms with Crippen LogP contribution in [0.15, 0.2) is 12.2 Å². The quantitative estimate of drug-likeness (QED) is 0.0146. The second-order valence-electron chi connectivity index (χ2n) is 19.8. The van der Waals surface area contributed by atoms with Crippen molar-refractivity contribution in [2.45, 2.75) is 283 Å². The number of phosphoric acid groups is 2. The first kappa shape index (κ1) is 71.3. The summed E-state index contributed by atoms with van der Waals surface area (Å²) in [5.41, 5.74) is 0. The minimum absolute atomic E-state index is 0.111. The number of esters is 3. The minimum atomic E-state index is -4.90. The Labute approximate surface area is 442 Å². The highest BCUT2D eigenvalue weighted by Crippen LogP contribution is 2.45. The number of hydrogen-bond donors (Lipinski definition) is 4. The fourth-order valence-electron chi connectivity index (χ4n) is 7.96. The first-order valence-electron chi connectivity index (χ1n) is 29.0. The summed E-state index contributed by atoms with van der Waals surface area (Å²) in [4.78, 5) is 57.8. The maximum Gasteiger partial charge on any atom is 0.472 e.